The van der Waals surface area contributed by atoms with Gasteiger partial charge in [0.05, 0.1) is 12.1 Å². The molecule has 84 heavy (non-hydrogen) atoms. The summed E-state index contributed by atoms with van der Waals surface area (Å²) in [5.41, 5.74) is 6.20. The predicted octanol–water partition coefficient (Wildman–Crippen LogP) is 9.67. The molecule has 1 aliphatic rings. The van der Waals surface area contributed by atoms with Gasteiger partial charge in [0.15, 0.2) is 0 Å². The first-order chi connectivity index (χ1) is 40.3. The molecule has 4 aromatic rings. The van der Waals surface area contributed by atoms with E-state index in [1.54, 1.807) is 0 Å². The molecule has 22 heteroatoms. The molecule has 0 heterocycles. The highest BCUT2D eigenvalue weighted by atomic mass is 16.4. The van der Waals surface area contributed by atoms with Gasteiger partial charge in [0.1, 0.15) is 0 Å². The number of aliphatic carboxylic acids is 8. The third-order valence-corrected chi connectivity index (χ3v) is 14.1. The van der Waals surface area contributed by atoms with Crippen LogP contribution in [-0.4, -0.2) is 153 Å². The molecule has 0 spiro atoms. The van der Waals surface area contributed by atoms with E-state index >= 15 is 0 Å². The maximum absolute atomic E-state index is 11.5. The van der Waals surface area contributed by atoms with E-state index in [-0.39, 0.29) is 51.4 Å². The molecule has 452 valence electrons. The summed E-state index contributed by atoms with van der Waals surface area (Å²) < 4.78 is 0. The molecule has 0 saturated heterocycles. The maximum Gasteiger partial charge on any atom is 0.303 e. The van der Waals surface area contributed by atoms with Crippen molar-refractivity contribution < 1.29 is 79.2 Å². The van der Waals surface area contributed by atoms with Gasteiger partial charge < -0.3 is 70.3 Å². The molecule has 22 nitrogen and oxygen atoms in total. The SMILES string of the molecule is O=C(O)CCCN(CCCC(=O)O)c1ccc(N(c2ccc(N(CCCC(=O)O)CCCC(=O)O)cc2)C2C=CC(N(c3ccc(N(CCCC(=O)O)CCCC(=O)O)cc3)c3ccc(N(CCCC(=O)O)CCCC(=O)O)cc3)C=C2)cc1. The van der Waals surface area contributed by atoms with Crippen molar-refractivity contribution in [2.75, 3.05) is 81.8 Å². The van der Waals surface area contributed by atoms with E-state index < -0.39 is 59.8 Å². The lowest BCUT2D eigenvalue weighted by Crippen LogP contribution is -2.34. The molecule has 4 aromatic carbocycles. The zero-order chi connectivity index (χ0) is 61.0. The minimum absolute atomic E-state index is 0.0564. The van der Waals surface area contributed by atoms with Gasteiger partial charge in [0.25, 0.3) is 0 Å². The second kappa shape index (κ2) is 34.4. The van der Waals surface area contributed by atoms with E-state index in [0.29, 0.717) is 104 Å². The lowest BCUT2D eigenvalue weighted by molar-refractivity contribution is -0.138. The summed E-state index contributed by atoms with van der Waals surface area (Å²) in [4.78, 5) is 104. The predicted molar refractivity (Wildman–Crippen MR) is 320 cm³/mol. The van der Waals surface area contributed by atoms with Gasteiger partial charge in [-0.05, 0) is 148 Å². The molecular formula is C62H78N6O16. The first kappa shape index (κ1) is 65.7. The van der Waals surface area contributed by atoms with Crippen LogP contribution >= 0.6 is 0 Å². The van der Waals surface area contributed by atoms with Crippen LogP contribution in [-0.2, 0) is 38.4 Å². The van der Waals surface area contributed by atoms with Crippen LogP contribution in [0, 0.1) is 0 Å². The number of hydrogen-bond donors (Lipinski definition) is 8. The van der Waals surface area contributed by atoms with Crippen molar-refractivity contribution in [3.8, 4) is 0 Å². The van der Waals surface area contributed by atoms with Gasteiger partial charge in [-0.2, -0.15) is 0 Å². The average Bonchev–Trinajstić information content (AvgIpc) is 3.11. The fraction of sp³-hybridized carbons (Fsp3) is 0.419. The molecule has 0 amide bonds. The van der Waals surface area contributed by atoms with Crippen LogP contribution in [0.4, 0.5) is 45.5 Å². The Balaban J connectivity index is 1.57. The minimum Gasteiger partial charge on any atom is -0.481 e. The molecule has 8 N–H and O–H groups in total. The fourth-order valence-electron chi connectivity index (χ4n) is 10.1. The zero-order valence-corrected chi connectivity index (χ0v) is 47.2. The lowest BCUT2D eigenvalue weighted by Gasteiger charge is -2.37. The molecule has 0 fully saturated rings. The average molecular weight is 1160 g/mol. The Hall–Kier alpha value is -9.08. The first-order valence-electron chi connectivity index (χ1n) is 28.4. The summed E-state index contributed by atoms with van der Waals surface area (Å²) in [7, 11) is 0. The van der Waals surface area contributed by atoms with Crippen LogP contribution in [0.5, 0.6) is 0 Å². The number of carbonyl (C=O) groups is 8. The summed E-state index contributed by atoms with van der Waals surface area (Å²) in [5.74, 6) is -7.48. The van der Waals surface area contributed by atoms with Gasteiger partial charge >= 0.3 is 47.8 Å². The lowest BCUT2D eigenvalue weighted by atomic mass is 10.0. The summed E-state index contributed by atoms with van der Waals surface area (Å²) in [6.07, 6.45) is 10.6. The van der Waals surface area contributed by atoms with E-state index in [1.165, 1.54) is 0 Å². The topological polar surface area (TPSA) is 318 Å². The molecule has 0 aliphatic heterocycles. The number of carboxylic acids is 8. The number of benzene rings is 4. The van der Waals surface area contributed by atoms with Crippen molar-refractivity contribution in [1.82, 2.24) is 0 Å². The second-order valence-corrected chi connectivity index (χ2v) is 20.5. The van der Waals surface area contributed by atoms with E-state index in [2.05, 4.69) is 34.1 Å². The van der Waals surface area contributed by atoms with Crippen molar-refractivity contribution in [3.63, 3.8) is 0 Å². The van der Waals surface area contributed by atoms with E-state index in [1.807, 2.05) is 117 Å². The summed E-state index contributed by atoms with van der Waals surface area (Å²) in [6, 6.07) is 30.1. The third kappa shape index (κ3) is 22.7. The van der Waals surface area contributed by atoms with Crippen molar-refractivity contribution in [2.45, 2.75) is 115 Å². The quantitative estimate of drug-likeness (QED) is 0.0191. The van der Waals surface area contributed by atoms with Gasteiger partial charge in [-0.1, -0.05) is 24.3 Å². The summed E-state index contributed by atoms with van der Waals surface area (Å²) >= 11 is 0. The highest BCUT2D eigenvalue weighted by molar-refractivity contribution is 5.75. The van der Waals surface area contributed by atoms with Crippen molar-refractivity contribution in [3.05, 3.63) is 121 Å². The third-order valence-electron chi connectivity index (χ3n) is 14.1. The Morgan fingerprint density at radius 2 is 0.369 bits per heavy atom. The van der Waals surface area contributed by atoms with Crippen molar-refractivity contribution in [2.24, 2.45) is 0 Å². The number of anilines is 8. The summed E-state index contributed by atoms with van der Waals surface area (Å²) in [6.45, 7) is 3.10. The van der Waals surface area contributed by atoms with Crippen LogP contribution in [0.1, 0.15) is 103 Å². The number of carboxylic acid groups (broad SMARTS) is 8. The second-order valence-electron chi connectivity index (χ2n) is 20.5. The molecule has 0 radical (unpaired) electrons. The number of rotatable bonds is 42. The molecule has 0 atom stereocenters. The van der Waals surface area contributed by atoms with Crippen molar-refractivity contribution in [1.29, 1.82) is 0 Å². The van der Waals surface area contributed by atoms with E-state index in [0.717, 1.165) is 45.5 Å². The molecule has 5 rings (SSSR count). The largest absolute Gasteiger partial charge is 0.481 e. The van der Waals surface area contributed by atoms with E-state index in [4.69, 9.17) is 0 Å². The Kier molecular flexibility index (Phi) is 26.9. The Bertz CT molecular complexity index is 2390. The highest BCUT2D eigenvalue weighted by Gasteiger charge is 2.26. The minimum atomic E-state index is -0.935. The number of hydrogen-bond acceptors (Lipinski definition) is 14. The zero-order valence-electron chi connectivity index (χ0n) is 47.2. The molecule has 0 saturated carbocycles. The number of nitrogens with zero attached hydrogens (tertiary/aromatic N) is 6. The Labute approximate surface area is 488 Å². The normalized spacial score (nSPS) is 13.4. The van der Waals surface area contributed by atoms with Gasteiger partial charge in [0, 0.05) is 149 Å². The Morgan fingerprint density at radius 3 is 0.500 bits per heavy atom. The molecular weight excluding hydrogens is 1080 g/mol. The molecule has 0 aromatic heterocycles. The maximum atomic E-state index is 11.5. The van der Waals surface area contributed by atoms with Gasteiger partial charge in [-0.25, -0.2) is 0 Å². The first-order valence-corrected chi connectivity index (χ1v) is 28.4. The van der Waals surface area contributed by atoms with Crippen LogP contribution in [0.15, 0.2) is 121 Å². The Morgan fingerprint density at radius 1 is 0.238 bits per heavy atom. The smallest absolute Gasteiger partial charge is 0.303 e. The monoisotopic (exact) mass is 1160 g/mol. The van der Waals surface area contributed by atoms with Gasteiger partial charge in [-0.15, -0.1) is 0 Å². The van der Waals surface area contributed by atoms with Gasteiger partial charge in [-0.3, -0.25) is 38.4 Å². The fourth-order valence-corrected chi connectivity index (χ4v) is 10.1. The van der Waals surface area contributed by atoms with Crippen LogP contribution < -0.4 is 29.4 Å². The van der Waals surface area contributed by atoms with Gasteiger partial charge in [0.2, 0.25) is 0 Å². The molecule has 1 aliphatic carbocycles. The highest BCUT2D eigenvalue weighted by Crippen LogP contribution is 2.37. The van der Waals surface area contributed by atoms with Crippen molar-refractivity contribution >= 4 is 93.3 Å². The molecule has 0 unspecified atom stereocenters. The van der Waals surface area contributed by atoms with E-state index in [9.17, 15) is 79.2 Å². The van der Waals surface area contributed by atoms with Crippen LogP contribution in [0.25, 0.3) is 0 Å². The summed E-state index contributed by atoms with van der Waals surface area (Å²) in [5, 5.41) is 75.1. The standard InChI is InChI=1S/C62H78N6O16/c69-55(70)9-1-37-63(38-2-10-56(71)72)45-17-25-49(26-18-45)67(50-27-19-46(20-28-50)64(39-3-11-57(73)74)40-4-12-58(75)76)53-33-35-54(36-34-53)68(51-29-21-47(22-30-51)65(41-5-13-59(77)78)42-6-14-60(79)80)52-31-23-48(24-32-52)66(43-7-15-61(81)82)44-8-16-62(83)84/h17-36,53-54H,1-16,37-44H2,(H,69,70)(H,71,72)(H,73,74)(H,75,76)(H,77,78)(H,79,80)(H,81,82)(H,83,84). The molecule has 0 bridgehead atoms. The van der Waals surface area contributed by atoms with Crippen LogP contribution in [0.3, 0.4) is 0 Å². The van der Waals surface area contributed by atoms with Crippen LogP contribution in [0.2, 0.25) is 0 Å².